The second-order valence-corrected chi connectivity index (χ2v) is 7.16. The molecule has 2 aromatic rings. The van der Waals surface area contributed by atoms with Crippen LogP contribution in [0.25, 0.3) is 0 Å². The number of anilines is 1. The minimum Gasteiger partial charge on any atom is -0.399 e. The second kappa shape index (κ2) is 6.29. The van der Waals surface area contributed by atoms with Gasteiger partial charge in [-0.3, -0.25) is 0 Å². The number of aliphatic hydroxyl groups is 1. The third-order valence-electron chi connectivity index (χ3n) is 2.70. The number of sulfonamides is 1. The Morgan fingerprint density at radius 2 is 2.19 bits per heavy atom. The van der Waals surface area contributed by atoms with Crippen LogP contribution in [0.15, 0.2) is 33.9 Å². The summed E-state index contributed by atoms with van der Waals surface area (Å²) < 4.78 is 40.1. The summed E-state index contributed by atoms with van der Waals surface area (Å²) in [6.45, 7) is -0.287. The van der Waals surface area contributed by atoms with Crippen molar-refractivity contribution < 1.29 is 17.9 Å². The highest BCUT2D eigenvalue weighted by molar-refractivity contribution is 7.89. The average molecular weight is 351 g/mol. The summed E-state index contributed by atoms with van der Waals surface area (Å²) in [5, 5.41) is 12.9. The van der Waals surface area contributed by atoms with Crippen molar-refractivity contribution in [3.63, 3.8) is 0 Å². The van der Waals surface area contributed by atoms with Crippen molar-refractivity contribution in [2.45, 2.75) is 11.0 Å². The van der Waals surface area contributed by atoms with Crippen LogP contribution in [0.5, 0.6) is 0 Å². The lowest BCUT2D eigenvalue weighted by molar-refractivity contribution is 0.182. The van der Waals surface area contributed by atoms with E-state index in [1.165, 1.54) is 11.3 Å². The third kappa shape index (κ3) is 3.72. The maximum atomic E-state index is 13.8. The highest BCUT2D eigenvalue weighted by Crippen LogP contribution is 2.26. The molecule has 0 bridgehead atoms. The molecule has 0 aliphatic rings. The maximum absolute atomic E-state index is 13.8. The molecule has 0 aliphatic heterocycles. The Kier molecular flexibility index (Phi) is 4.84. The molecule has 9 heteroatoms. The first-order valence-electron chi connectivity index (χ1n) is 5.75. The Balaban J connectivity index is 2.19. The fourth-order valence-corrected chi connectivity index (χ4v) is 3.79. The summed E-state index contributed by atoms with van der Waals surface area (Å²) in [7, 11) is -4.17. The molecule has 1 heterocycles. The summed E-state index contributed by atoms with van der Waals surface area (Å²) in [6, 6.07) is 3.76. The molecule has 1 unspecified atom stereocenters. The Labute approximate surface area is 130 Å². The molecule has 0 saturated carbocycles. The number of rotatable bonds is 5. The van der Waals surface area contributed by atoms with E-state index in [1.807, 2.05) is 0 Å². The van der Waals surface area contributed by atoms with E-state index in [9.17, 15) is 17.9 Å². The first-order valence-corrected chi connectivity index (χ1v) is 8.56. The predicted molar refractivity (Wildman–Crippen MR) is 80.3 cm³/mol. The molecule has 0 spiro atoms. The standard InChI is InChI=1S/C12H12ClFN2O3S2/c13-9-3-8(15)4-11(12(9)14)21(18,19)16-5-10(17)7-1-2-20-6-7/h1-4,6,10,16-17H,5,15H2. The largest absolute Gasteiger partial charge is 0.399 e. The van der Waals surface area contributed by atoms with E-state index >= 15 is 0 Å². The zero-order valence-electron chi connectivity index (χ0n) is 10.6. The van der Waals surface area contributed by atoms with Crippen molar-refractivity contribution in [2.75, 3.05) is 12.3 Å². The second-order valence-electron chi connectivity index (χ2n) is 4.24. The molecule has 1 aromatic heterocycles. The fourth-order valence-electron chi connectivity index (χ4n) is 1.63. The fraction of sp³-hybridized carbons (Fsp3) is 0.167. The van der Waals surface area contributed by atoms with Crippen LogP contribution in [0, 0.1) is 5.82 Å². The molecule has 0 amide bonds. The predicted octanol–water partition coefficient (Wildman–Crippen LogP) is 2.13. The van der Waals surface area contributed by atoms with E-state index in [-0.39, 0.29) is 17.3 Å². The van der Waals surface area contributed by atoms with E-state index in [0.29, 0.717) is 5.56 Å². The highest BCUT2D eigenvalue weighted by atomic mass is 35.5. The van der Waals surface area contributed by atoms with Gasteiger partial charge in [0.1, 0.15) is 4.90 Å². The number of halogens is 2. The number of nitrogens with one attached hydrogen (secondary N) is 1. The number of hydrogen-bond acceptors (Lipinski definition) is 5. The van der Waals surface area contributed by atoms with Gasteiger partial charge in [0.15, 0.2) is 5.82 Å². The number of hydrogen-bond donors (Lipinski definition) is 3. The smallest absolute Gasteiger partial charge is 0.243 e. The SMILES string of the molecule is Nc1cc(Cl)c(F)c(S(=O)(=O)NCC(O)c2ccsc2)c1. The molecular formula is C12H12ClFN2O3S2. The minimum absolute atomic E-state index is 0.0279. The van der Waals surface area contributed by atoms with Gasteiger partial charge < -0.3 is 10.8 Å². The van der Waals surface area contributed by atoms with E-state index in [4.69, 9.17) is 17.3 Å². The van der Waals surface area contributed by atoms with Crippen LogP contribution in [0.3, 0.4) is 0 Å². The Hall–Kier alpha value is -1.19. The lowest BCUT2D eigenvalue weighted by atomic mass is 10.2. The van der Waals surface area contributed by atoms with Crippen LogP contribution in [-0.4, -0.2) is 20.1 Å². The van der Waals surface area contributed by atoms with Crippen LogP contribution >= 0.6 is 22.9 Å². The van der Waals surface area contributed by atoms with Crippen molar-refractivity contribution in [3.05, 3.63) is 45.4 Å². The zero-order valence-corrected chi connectivity index (χ0v) is 13.0. The molecule has 0 aliphatic carbocycles. The maximum Gasteiger partial charge on any atom is 0.243 e. The summed E-state index contributed by atoms with van der Waals surface area (Å²) in [5.74, 6) is -1.08. The molecule has 21 heavy (non-hydrogen) atoms. The molecule has 2 rings (SSSR count). The third-order valence-corrected chi connectivity index (χ3v) is 5.10. The van der Waals surface area contributed by atoms with Gasteiger partial charge in [-0.05, 0) is 34.5 Å². The van der Waals surface area contributed by atoms with Crippen molar-refractivity contribution in [1.29, 1.82) is 0 Å². The molecule has 5 nitrogen and oxygen atoms in total. The van der Waals surface area contributed by atoms with Gasteiger partial charge in [0.25, 0.3) is 0 Å². The summed E-state index contributed by atoms with van der Waals surface area (Å²) >= 11 is 6.95. The topological polar surface area (TPSA) is 92.4 Å². The van der Waals surface area contributed by atoms with Crippen LogP contribution in [0.1, 0.15) is 11.7 Å². The Bertz CT molecular complexity index is 735. The van der Waals surface area contributed by atoms with Gasteiger partial charge in [-0.15, -0.1) is 0 Å². The average Bonchev–Trinajstić information content (AvgIpc) is 2.94. The minimum atomic E-state index is -4.17. The first-order chi connectivity index (χ1) is 9.81. The molecule has 0 radical (unpaired) electrons. The Morgan fingerprint density at radius 3 is 2.81 bits per heavy atom. The van der Waals surface area contributed by atoms with Crippen LogP contribution in [-0.2, 0) is 10.0 Å². The zero-order chi connectivity index (χ0) is 15.6. The quantitative estimate of drug-likeness (QED) is 0.720. The number of thiophene rings is 1. The van der Waals surface area contributed by atoms with Gasteiger partial charge >= 0.3 is 0 Å². The monoisotopic (exact) mass is 350 g/mol. The van der Waals surface area contributed by atoms with Gasteiger partial charge in [0.05, 0.1) is 11.1 Å². The van der Waals surface area contributed by atoms with Gasteiger partial charge in [-0.2, -0.15) is 11.3 Å². The van der Waals surface area contributed by atoms with Crippen LogP contribution in [0.4, 0.5) is 10.1 Å². The summed E-state index contributed by atoms with van der Waals surface area (Å²) in [5.41, 5.74) is 6.07. The lowest BCUT2D eigenvalue weighted by Gasteiger charge is -2.12. The summed E-state index contributed by atoms with van der Waals surface area (Å²) in [6.07, 6.45) is -1.02. The summed E-state index contributed by atoms with van der Waals surface area (Å²) in [4.78, 5) is -0.648. The highest BCUT2D eigenvalue weighted by Gasteiger charge is 2.23. The van der Waals surface area contributed by atoms with E-state index < -0.39 is 26.8 Å². The van der Waals surface area contributed by atoms with E-state index in [0.717, 1.165) is 12.1 Å². The first kappa shape index (κ1) is 16.2. The van der Waals surface area contributed by atoms with Crippen LogP contribution < -0.4 is 10.5 Å². The van der Waals surface area contributed by atoms with Crippen molar-refractivity contribution in [3.8, 4) is 0 Å². The van der Waals surface area contributed by atoms with Crippen molar-refractivity contribution in [2.24, 2.45) is 0 Å². The molecule has 0 saturated heterocycles. The lowest BCUT2D eigenvalue weighted by Crippen LogP contribution is -2.29. The van der Waals surface area contributed by atoms with Crippen molar-refractivity contribution in [1.82, 2.24) is 4.72 Å². The molecule has 0 fully saturated rings. The van der Waals surface area contributed by atoms with Gasteiger partial charge in [0.2, 0.25) is 10.0 Å². The van der Waals surface area contributed by atoms with Crippen molar-refractivity contribution >= 4 is 38.6 Å². The normalized spacial score (nSPS) is 13.3. The van der Waals surface area contributed by atoms with Crippen LogP contribution in [0.2, 0.25) is 5.02 Å². The number of nitrogens with two attached hydrogens (primary N) is 1. The number of aliphatic hydroxyl groups excluding tert-OH is 1. The molecular weight excluding hydrogens is 339 g/mol. The molecule has 4 N–H and O–H groups in total. The number of nitrogen functional groups attached to an aromatic ring is 1. The molecule has 1 atom stereocenters. The Morgan fingerprint density at radius 1 is 1.48 bits per heavy atom. The van der Waals surface area contributed by atoms with Gasteiger partial charge in [0, 0.05) is 12.2 Å². The van der Waals surface area contributed by atoms with Gasteiger partial charge in [-0.1, -0.05) is 11.6 Å². The van der Waals surface area contributed by atoms with E-state index in [2.05, 4.69) is 4.72 Å². The van der Waals surface area contributed by atoms with E-state index in [1.54, 1.807) is 16.8 Å². The molecule has 114 valence electrons. The molecule has 1 aromatic carbocycles. The van der Waals surface area contributed by atoms with Gasteiger partial charge in [-0.25, -0.2) is 17.5 Å². The number of benzene rings is 1.